The normalized spacial score (nSPS) is 17.4. The molecule has 0 bridgehead atoms. The predicted molar refractivity (Wildman–Crippen MR) is 92.4 cm³/mol. The predicted octanol–water partition coefficient (Wildman–Crippen LogP) is 3.05. The van der Waals surface area contributed by atoms with Crippen LogP contribution < -0.4 is 9.64 Å². The number of nitrogens with zero attached hydrogens (tertiary/aromatic N) is 1. The molecule has 1 amide bonds. The van der Waals surface area contributed by atoms with E-state index in [1.54, 1.807) is 19.2 Å². The van der Waals surface area contributed by atoms with E-state index in [9.17, 15) is 9.59 Å². The number of carbonyl (C=O) groups excluding carboxylic acids is 2. The van der Waals surface area contributed by atoms with Gasteiger partial charge in [0.05, 0.1) is 12.8 Å². The molecular weight excluding hydrogens is 326 g/mol. The van der Waals surface area contributed by atoms with Crippen molar-refractivity contribution in [3.63, 3.8) is 0 Å². The van der Waals surface area contributed by atoms with Crippen LogP contribution in [0.5, 0.6) is 5.75 Å². The van der Waals surface area contributed by atoms with E-state index < -0.39 is 16.9 Å². The fourth-order valence-corrected chi connectivity index (χ4v) is 3.78. The van der Waals surface area contributed by atoms with Crippen LogP contribution in [-0.4, -0.2) is 32.6 Å². The van der Waals surface area contributed by atoms with Crippen LogP contribution in [0.3, 0.4) is 0 Å². The van der Waals surface area contributed by atoms with Crippen molar-refractivity contribution in [2.75, 3.05) is 25.9 Å². The van der Waals surface area contributed by atoms with Gasteiger partial charge in [-0.3, -0.25) is 14.5 Å². The van der Waals surface area contributed by atoms with Crippen LogP contribution in [-0.2, 0) is 14.3 Å². The van der Waals surface area contributed by atoms with Crippen molar-refractivity contribution >= 4 is 29.1 Å². The number of carbonyl (C=O) groups is 2. The van der Waals surface area contributed by atoms with Gasteiger partial charge < -0.3 is 9.47 Å². The maximum Gasteiger partial charge on any atom is 0.297 e. The van der Waals surface area contributed by atoms with Gasteiger partial charge in [-0.25, -0.2) is 0 Å². The van der Waals surface area contributed by atoms with E-state index in [4.69, 9.17) is 9.47 Å². The van der Waals surface area contributed by atoms with E-state index in [-0.39, 0.29) is 6.73 Å². The summed E-state index contributed by atoms with van der Waals surface area (Å²) in [5.74, 6) is -0.314. The number of fused-ring (bicyclic) bond motifs is 1. The van der Waals surface area contributed by atoms with E-state index in [2.05, 4.69) is 0 Å². The summed E-state index contributed by atoms with van der Waals surface area (Å²) in [5, 5.41) is -0.591. The Bertz CT molecular complexity index is 760. The Kier molecular flexibility index (Phi) is 4.87. The van der Waals surface area contributed by atoms with Gasteiger partial charge in [-0.1, -0.05) is 24.3 Å². The number of Topliss-reactive ketones (excluding diaryl/α,β-unsaturated/α-hetero) is 1. The summed E-state index contributed by atoms with van der Waals surface area (Å²) >= 11 is 1.38. The third-order valence-corrected chi connectivity index (χ3v) is 5.09. The molecule has 0 saturated heterocycles. The van der Waals surface area contributed by atoms with E-state index in [0.717, 1.165) is 10.5 Å². The van der Waals surface area contributed by atoms with Gasteiger partial charge in [-0.15, -0.1) is 11.8 Å². The smallest absolute Gasteiger partial charge is 0.297 e. The van der Waals surface area contributed by atoms with Gasteiger partial charge >= 0.3 is 0 Å². The first-order valence-electron chi connectivity index (χ1n) is 7.40. The molecule has 0 saturated carbocycles. The number of ketones is 1. The number of rotatable bonds is 4. The summed E-state index contributed by atoms with van der Waals surface area (Å²) in [5.41, 5.74) is 1.46. The molecule has 2 aromatic rings. The molecule has 0 N–H and O–H groups in total. The van der Waals surface area contributed by atoms with Crippen molar-refractivity contribution in [2.24, 2.45) is 0 Å². The van der Waals surface area contributed by atoms with Crippen molar-refractivity contribution in [3.8, 4) is 5.75 Å². The van der Waals surface area contributed by atoms with Crippen LogP contribution in [0, 0.1) is 0 Å². The topological polar surface area (TPSA) is 55.8 Å². The zero-order valence-electron chi connectivity index (χ0n) is 13.4. The Morgan fingerprint density at radius 3 is 2.42 bits per heavy atom. The Hall–Kier alpha value is -2.31. The number of para-hydroxylation sites is 1. The molecule has 3 rings (SSSR count). The van der Waals surface area contributed by atoms with Crippen molar-refractivity contribution in [2.45, 2.75) is 10.1 Å². The molecule has 0 aromatic heterocycles. The Morgan fingerprint density at radius 1 is 1.04 bits per heavy atom. The summed E-state index contributed by atoms with van der Waals surface area (Å²) < 4.78 is 10.3. The van der Waals surface area contributed by atoms with Gasteiger partial charge in [0.2, 0.25) is 5.78 Å². The Labute approximate surface area is 144 Å². The van der Waals surface area contributed by atoms with Crippen molar-refractivity contribution < 1.29 is 19.1 Å². The summed E-state index contributed by atoms with van der Waals surface area (Å²) in [4.78, 5) is 27.7. The monoisotopic (exact) mass is 343 g/mol. The molecule has 124 valence electrons. The number of hydrogen-bond donors (Lipinski definition) is 0. The molecule has 0 fully saturated rings. The molecular formula is C18H17NO4S. The van der Waals surface area contributed by atoms with Crippen molar-refractivity contribution in [1.82, 2.24) is 0 Å². The molecule has 6 heteroatoms. The van der Waals surface area contributed by atoms with Gasteiger partial charge in [0.25, 0.3) is 5.91 Å². The maximum absolute atomic E-state index is 12.8. The first-order valence-corrected chi connectivity index (χ1v) is 8.28. The lowest BCUT2D eigenvalue weighted by Gasteiger charge is -2.20. The number of amides is 1. The first-order chi connectivity index (χ1) is 11.7. The zero-order chi connectivity index (χ0) is 17.1. The average Bonchev–Trinajstić information content (AvgIpc) is 2.73. The SMILES string of the molecule is COCN1C(=O)C(=O)C(c2ccc(OC)cc2)Sc2ccccc21. The Balaban J connectivity index is 2.03. The highest BCUT2D eigenvalue weighted by molar-refractivity contribution is 8.00. The molecule has 24 heavy (non-hydrogen) atoms. The second-order valence-corrected chi connectivity index (χ2v) is 6.40. The molecule has 5 nitrogen and oxygen atoms in total. The van der Waals surface area contributed by atoms with Crippen LogP contribution in [0.2, 0.25) is 0 Å². The minimum atomic E-state index is -0.591. The molecule has 0 aliphatic carbocycles. The van der Waals surface area contributed by atoms with Gasteiger partial charge in [0.15, 0.2) is 0 Å². The molecule has 1 aliphatic heterocycles. The van der Waals surface area contributed by atoms with Crippen LogP contribution >= 0.6 is 11.8 Å². The molecule has 0 spiro atoms. The van der Waals surface area contributed by atoms with Gasteiger partial charge in [-0.2, -0.15) is 0 Å². The van der Waals surface area contributed by atoms with Crippen molar-refractivity contribution in [3.05, 3.63) is 54.1 Å². The van der Waals surface area contributed by atoms with Crippen LogP contribution in [0.4, 0.5) is 5.69 Å². The van der Waals surface area contributed by atoms with Crippen molar-refractivity contribution in [1.29, 1.82) is 0 Å². The van der Waals surface area contributed by atoms with Crippen LogP contribution in [0.25, 0.3) is 0 Å². The summed E-state index contributed by atoms with van der Waals surface area (Å²) in [6, 6.07) is 14.7. The lowest BCUT2D eigenvalue weighted by Crippen LogP contribution is -2.38. The van der Waals surface area contributed by atoms with E-state index in [1.807, 2.05) is 36.4 Å². The fourth-order valence-electron chi connectivity index (χ4n) is 2.57. The van der Waals surface area contributed by atoms with Crippen LogP contribution in [0.15, 0.2) is 53.4 Å². The summed E-state index contributed by atoms with van der Waals surface area (Å²) in [6.07, 6.45) is 0. The van der Waals surface area contributed by atoms with E-state index in [0.29, 0.717) is 11.4 Å². The quantitative estimate of drug-likeness (QED) is 0.799. The Morgan fingerprint density at radius 2 is 1.75 bits per heavy atom. The van der Waals surface area contributed by atoms with E-state index in [1.165, 1.54) is 23.8 Å². The number of methoxy groups -OCH3 is 2. The van der Waals surface area contributed by atoms with Gasteiger partial charge in [-0.05, 0) is 29.8 Å². The molecule has 1 heterocycles. The molecule has 0 radical (unpaired) electrons. The largest absolute Gasteiger partial charge is 0.497 e. The molecule has 1 unspecified atom stereocenters. The summed E-state index contributed by atoms with van der Waals surface area (Å²) in [7, 11) is 3.09. The van der Waals surface area contributed by atoms with Gasteiger partial charge in [0.1, 0.15) is 17.7 Å². The average molecular weight is 343 g/mol. The molecule has 1 aliphatic rings. The second kappa shape index (κ2) is 7.07. The van der Waals surface area contributed by atoms with Crippen LogP contribution in [0.1, 0.15) is 10.8 Å². The number of hydrogen-bond acceptors (Lipinski definition) is 5. The minimum absolute atomic E-state index is 0.0392. The number of ether oxygens (including phenoxy) is 2. The molecule has 1 atom stereocenters. The second-order valence-electron chi connectivity index (χ2n) is 5.25. The first kappa shape index (κ1) is 16.5. The minimum Gasteiger partial charge on any atom is -0.497 e. The number of benzene rings is 2. The third kappa shape index (κ3) is 3.02. The third-order valence-electron chi connectivity index (χ3n) is 3.77. The van der Waals surface area contributed by atoms with E-state index >= 15 is 0 Å². The lowest BCUT2D eigenvalue weighted by atomic mass is 10.1. The highest BCUT2D eigenvalue weighted by Crippen LogP contribution is 2.44. The lowest BCUT2D eigenvalue weighted by molar-refractivity contribution is -0.136. The highest BCUT2D eigenvalue weighted by Gasteiger charge is 2.36. The molecule has 2 aromatic carbocycles. The standard InChI is InChI=1S/C18H17NO4S/c1-22-11-19-14-5-3-4-6-15(14)24-17(16(20)18(19)21)12-7-9-13(23-2)10-8-12/h3-10,17H,11H2,1-2H3. The number of anilines is 1. The fraction of sp³-hybridized carbons (Fsp3) is 0.222. The maximum atomic E-state index is 12.8. The number of thioether (sulfide) groups is 1. The highest BCUT2D eigenvalue weighted by atomic mass is 32.2. The zero-order valence-corrected chi connectivity index (χ0v) is 14.2. The van der Waals surface area contributed by atoms with Gasteiger partial charge in [0, 0.05) is 12.0 Å². The summed E-state index contributed by atoms with van der Waals surface area (Å²) in [6.45, 7) is 0.0392.